The van der Waals surface area contributed by atoms with Crippen LogP contribution in [0.3, 0.4) is 0 Å². The van der Waals surface area contributed by atoms with Crippen molar-refractivity contribution in [1.82, 2.24) is 9.55 Å². The lowest BCUT2D eigenvalue weighted by Crippen LogP contribution is -1.99. The molecule has 0 radical (unpaired) electrons. The number of hydrogen-bond acceptors (Lipinski definition) is 6. The fourth-order valence-corrected chi connectivity index (χ4v) is 5.89. The van der Waals surface area contributed by atoms with Gasteiger partial charge in [0.2, 0.25) is 5.89 Å². The quantitative estimate of drug-likeness (QED) is 0.129. The summed E-state index contributed by atoms with van der Waals surface area (Å²) in [5.74, 6) is 3.65. The van der Waals surface area contributed by atoms with Crippen LogP contribution in [0, 0.1) is 6.92 Å². The van der Waals surface area contributed by atoms with E-state index in [4.69, 9.17) is 18.2 Å². The summed E-state index contributed by atoms with van der Waals surface area (Å²) >= 11 is 0. The first-order valence-electron chi connectivity index (χ1n) is 14.0. The van der Waals surface area contributed by atoms with E-state index in [-0.39, 0.29) is 0 Å². The number of ether oxygens (including phenoxy) is 1. The number of aromatic nitrogens is 2. The van der Waals surface area contributed by atoms with Gasteiger partial charge >= 0.3 is 7.60 Å². The van der Waals surface area contributed by atoms with Gasteiger partial charge in [-0.3, -0.25) is 4.57 Å². The molecule has 0 aliphatic heterocycles. The largest absolute Gasteiger partial charge is 0.487 e. The summed E-state index contributed by atoms with van der Waals surface area (Å²) in [6.07, 6.45) is 5.98. The highest BCUT2D eigenvalue weighted by molar-refractivity contribution is 7.57. The third-order valence-corrected chi connectivity index (χ3v) is 8.38. The molecular formula is C34H35N2O5P. The second-order valence-electron chi connectivity index (χ2n) is 9.68. The van der Waals surface area contributed by atoms with E-state index in [1.165, 1.54) is 0 Å². The molecule has 0 bridgehead atoms. The minimum absolute atomic E-state index is 0.306. The van der Waals surface area contributed by atoms with Gasteiger partial charge in [0.25, 0.3) is 0 Å². The number of nitrogens with zero attached hydrogens (tertiary/aromatic N) is 2. The van der Waals surface area contributed by atoms with Crippen LogP contribution in [0.15, 0.2) is 108 Å². The molecule has 0 atom stereocenters. The standard InChI is InChI=1S/C34H35N2O5P/c1-4-39-42(37,40-5-2)21-20-30-23-36(24-32(30)28-12-8-6-9-13-28)22-27-16-18-31(19-17-27)38-25-33-26(3)41-34(35-33)29-14-10-7-11-15-29/h6-21,23-24H,4-5,22,25H2,1-3H3/b21-20+. The molecule has 0 aliphatic carbocycles. The Hall–Kier alpha value is -4.16. The van der Waals surface area contributed by atoms with Gasteiger partial charge in [-0.05, 0) is 62.2 Å². The van der Waals surface area contributed by atoms with Crippen LogP contribution in [0.2, 0.25) is 0 Å². The number of hydrogen-bond donors (Lipinski definition) is 0. The van der Waals surface area contributed by atoms with Gasteiger partial charge in [0, 0.05) is 41.4 Å². The van der Waals surface area contributed by atoms with Gasteiger partial charge < -0.3 is 22.8 Å². The SMILES string of the molecule is CCOP(=O)(/C=C/c1cn(Cc2ccc(OCc3nc(-c4ccccc4)oc3C)cc2)cc1-c1ccccc1)OCC. The monoisotopic (exact) mass is 582 g/mol. The Bertz CT molecular complexity index is 1650. The second-order valence-corrected chi connectivity index (χ2v) is 11.6. The number of aryl methyl sites for hydroxylation is 1. The Balaban J connectivity index is 1.29. The maximum Gasteiger partial charge on any atom is 0.354 e. The first-order valence-corrected chi connectivity index (χ1v) is 15.6. The molecule has 42 heavy (non-hydrogen) atoms. The van der Waals surface area contributed by atoms with Crippen molar-refractivity contribution >= 4 is 13.7 Å². The van der Waals surface area contributed by atoms with Gasteiger partial charge in [0.1, 0.15) is 23.8 Å². The summed E-state index contributed by atoms with van der Waals surface area (Å²) in [4.78, 5) is 4.62. The molecule has 2 aromatic heterocycles. The van der Waals surface area contributed by atoms with E-state index in [1.807, 2.05) is 79.9 Å². The maximum absolute atomic E-state index is 13.0. The molecule has 3 aromatic carbocycles. The van der Waals surface area contributed by atoms with Crippen LogP contribution in [-0.2, 0) is 26.8 Å². The lowest BCUT2D eigenvalue weighted by Gasteiger charge is -2.12. The lowest BCUT2D eigenvalue weighted by atomic mass is 10.1. The lowest BCUT2D eigenvalue weighted by molar-refractivity contribution is 0.229. The number of rotatable bonds is 13. The zero-order valence-electron chi connectivity index (χ0n) is 24.1. The first-order chi connectivity index (χ1) is 20.5. The Morgan fingerprint density at radius 3 is 2.14 bits per heavy atom. The van der Waals surface area contributed by atoms with Crippen molar-refractivity contribution in [3.8, 4) is 28.3 Å². The van der Waals surface area contributed by atoms with Gasteiger partial charge in [-0.1, -0.05) is 60.7 Å². The van der Waals surface area contributed by atoms with E-state index in [1.54, 1.807) is 19.7 Å². The third kappa shape index (κ3) is 7.37. The predicted octanol–water partition coefficient (Wildman–Crippen LogP) is 8.98. The Morgan fingerprint density at radius 1 is 0.857 bits per heavy atom. The molecule has 0 amide bonds. The van der Waals surface area contributed by atoms with E-state index in [2.05, 4.69) is 40.0 Å². The van der Waals surface area contributed by atoms with E-state index < -0.39 is 7.60 Å². The van der Waals surface area contributed by atoms with Crippen molar-refractivity contribution in [2.45, 2.75) is 33.9 Å². The van der Waals surface area contributed by atoms with Crippen molar-refractivity contribution in [2.75, 3.05) is 13.2 Å². The predicted molar refractivity (Wildman–Crippen MR) is 166 cm³/mol. The van der Waals surface area contributed by atoms with E-state index in [0.29, 0.717) is 32.3 Å². The van der Waals surface area contributed by atoms with Crippen molar-refractivity contribution < 1.29 is 22.8 Å². The van der Waals surface area contributed by atoms with Gasteiger partial charge in [-0.15, -0.1) is 0 Å². The minimum Gasteiger partial charge on any atom is -0.487 e. The maximum atomic E-state index is 13.0. The third-order valence-electron chi connectivity index (χ3n) is 6.63. The molecule has 2 heterocycles. The number of benzene rings is 3. The molecule has 0 saturated heterocycles. The van der Waals surface area contributed by atoms with Gasteiger partial charge in [-0.25, -0.2) is 4.98 Å². The molecule has 0 unspecified atom stereocenters. The average Bonchev–Trinajstić information content (AvgIpc) is 3.59. The minimum atomic E-state index is -3.32. The molecule has 0 N–H and O–H groups in total. The Labute approximate surface area is 246 Å². The zero-order chi connectivity index (χ0) is 29.4. The summed E-state index contributed by atoms with van der Waals surface area (Å²) in [5.41, 5.74) is 5.86. The van der Waals surface area contributed by atoms with E-state index in [0.717, 1.165) is 45.0 Å². The topological polar surface area (TPSA) is 75.7 Å². The second kappa shape index (κ2) is 13.7. The van der Waals surface area contributed by atoms with Crippen LogP contribution in [-0.4, -0.2) is 22.8 Å². The van der Waals surface area contributed by atoms with Crippen LogP contribution in [0.4, 0.5) is 0 Å². The Kier molecular flexibility index (Phi) is 9.55. The van der Waals surface area contributed by atoms with Crippen molar-refractivity contribution in [2.24, 2.45) is 0 Å². The van der Waals surface area contributed by atoms with Crippen molar-refractivity contribution in [1.29, 1.82) is 0 Å². The van der Waals surface area contributed by atoms with Gasteiger partial charge in [0.05, 0.1) is 13.2 Å². The van der Waals surface area contributed by atoms with Crippen LogP contribution in [0.5, 0.6) is 5.75 Å². The summed E-state index contributed by atoms with van der Waals surface area (Å²) in [6, 6.07) is 28.0. The Morgan fingerprint density at radius 2 is 1.50 bits per heavy atom. The van der Waals surface area contributed by atoms with E-state index in [9.17, 15) is 4.57 Å². The molecule has 0 fully saturated rings. The molecule has 7 nitrogen and oxygen atoms in total. The smallest absolute Gasteiger partial charge is 0.354 e. The molecule has 0 aliphatic rings. The highest BCUT2D eigenvalue weighted by Gasteiger charge is 2.19. The average molecular weight is 583 g/mol. The van der Waals surface area contributed by atoms with Gasteiger partial charge in [-0.2, -0.15) is 0 Å². The zero-order valence-corrected chi connectivity index (χ0v) is 25.0. The first kappa shape index (κ1) is 29.3. The van der Waals surface area contributed by atoms with Crippen LogP contribution in [0.25, 0.3) is 28.7 Å². The fourth-order valence-electron chi connectivity index (χ4n) is 4.58. The highest BCUT2D eigenvalue weighted by atomic mass is 31.2. The van der Waals surface area contributed by atoms with Gasteiger partial charge in [0.15, 0.2) is 0 Å². The molecule has 5 rings (SSSR count). The fraction of sp³-hybridized carbons (Fsp3) is 0.206. The molecule has 216 valence electrons. The van der Waals surface area contributed by atoms with Crippen molar-refractivity contribution in [3.05, 3.63) is 126 Å². The molecule has 0 saturated carbocycles. The molecule has 0 spiro atoms. The van der Waals surface area contributed by atoms with Crippen molar-refractivity contribution in [3.63, 3.8) is 0 Å². The van der Waals surface area contributed by atoms with Crippen LogP contribution in [0.1, 0.15) is 36.4 Å². The summed E-state index contributed by atoms with van der Waals surface area (Å²) in [7, 11) is -3.32. The summed E-state index contributed by atoms with van der Waals surface area (Å²) < 4.78 is 37.9. The highest BCUT2D eigenvalue weighted by Crippen LogP contribution is 2.50. The summed E-state index contributed by atoms with van der Waals surface area (Å²) in [6.45, 7) is 7.10. The molecule has 5 aromatic rings. The normalized spacial score (nSPS) is 11.8. The number of oxazole rings is 1. The summed E-state index contributed by atoms with van der Waals surface area (Å²) in [5, 5.41) is 0. The van der Waals surface area contributed by atoms with E-state index >= 15 is 0 Å². The van der Waals surface area contributed by atoms with Crippen LogP contribution < -0.4 is 4.74 Å². The molecular weight excluding hydrogens is 547 g/mol. The van der Waals surface area contributed by atoms with Crippen LogP contribution >= 0.6 is 7.60 Å². The molecule has 8 heteroatoms.